The molecule has 3 heterocycles. The number of carbonyl (C=O) groups is 2. The number of carbonyl (C=O) groups excluding carboxylic acids is 2. The van der Waals surface area contributed by atoms with Gasteiger partial charge in [-0.25, -0.2) is 0 Å². The predicted molar refractivity (Wildman–Crippen MR) is 152 cm³/mol. The number of benzene rings is 1. The largest absolute Gasteiger partial charge is 0.389 e. The van der Waals surface area contributed by atoms with Crippen LogP contribution in [0.25, 0.3) is 11.1 Å². The second kappa shape index (κ2) is 11.8. The molecular formula is C31H39F3N4O4. The van der Waals surface area contributed by atoms with E-state index >= 15 is 0 Å². The average molecular weight is 589 g/mol. The minimum absolute atomic E-state index is 0.0666. The summed E-state index contributed by atoms with van der Waals surface area (Å²) < 4.78 is 40.4. The number of hydrogen-bond acceptors (Lipinski definition) is 5. The molecule has 1 aromatic carbocycles. The second-order valence-corrected chi connectivity index (χ2v) is 12.2. The Labute approximate surface area is 243 Å². The normalized spacial score (nSPS) is 23.3. The maximum absolute atomic E-state index is 13.8. The van der Waals surface area contributed by atoms with E-state index in [2.05, 4.69) is 5.32 Å². The minimum Gasteiger partial charge on any atom is -0.387 e. The Hall–Kier alpha value is -3.18. The van der Waals surface area contributed by atoms with Crippen LogP contribution >= 0.6 is 0 Å². The first kappa shape index (κ1) is 30.3. The molecule has 2 atom stereocenters. The number of piperidine rings is 1. The van der Waals surface area contributed by atoms with Crippen LogP contribution in [0.4, 0.5) is 13.2 Å². The van der Waals surface area contributed by atoms with Crippen molar-refractivity contribution >= 4 is 11.8 Å². The molecule has 2 N–H and O–H groups in total. The number of nitrogens with zero attached hydrogens (tertiary/aromatic N) is 3. The molecule has 2 aromatic rings. The molecule has 8 nitrogen and oxygen atoms in total. The van der Waals surface area contributed by atoms with Gasteiger partial charge in [0.2, 0.25) is 5.91 Å². The second-order valence-electron chi connectivity index (χ2n) is 12.2. The van der Waals surface area contributed by atoms with Gasteiger partial charge in [0.1, 0.15) is 0 Å². The molecule has 1 saturated carbocycles. The van der Waals surface area contributed by atoms with E-state index in [1.807, 2.05) is 30.3 Å². The van der Waals surface area contributed by atoms with Crippen molar-refractivity contribution in [2.24, 2.45) is 11.3 Å². The first-order chi connectivity index (χ1) is 19.9. The number of amides is 2. The molecule has 1 aliphatic carbocycles. The first-order valence-corrected chi connectivity index (χ1v) is 14.8. The summed E-state index contributed by atoms with van der Waals surface area (Å²) >= 11 is 0. The monoisotopic (exact) mass is 588 g/mol. The van der Waals surface area contributed by atoms with Crippen LogP contribution in [-0.4, -0.2) is 82.3 Å². The summed E-state index contributed by atoms with van der Waals surface area (Å²) in [6.45, 7) is 3.89. The molecule has 2 saturated heterocycles. The molecular weight excluding hydrogens is 549 g/mol. The van der Waals surface area contributed by atoms with Crippen LogP contribution < -0.4 is 10.9 Å². The van der Waals surface area contributed by atoms with Gasteiger partial charge in [0, 0.05) is 68.4 Å². The van der Waals surface area contributed by atoms with Gasteiger partial charge in [-0.1, -0.05) is 50.1 Å². The lowest BCUT2D eigenvalue weighted by molar-refractivity contribution is -0.172. The summed E-state index contributed by atoms with van der Waals surface area (Å²) in [6, 6.07) is 10.7. The summed E-state index contributed by atoms with van der Waals surface area (Å²) in [7, 11) is 0. The highest BCUT2D eigenvalue weighted by Crippen LogP contribution is 2.52. The Kier molecular flexibility index (Phi) is 8.53. The van der Waals surface area contributed by atoms with Crippen molar-refractivity contribution < 1.29 is 27.9 Å². The molecule has 0 radical (unpaired) electrons. The minimum atomic E-state index is -4.44. The molecule has 2 amide bonds. The number of halogens is 3. The third kappa shape index (κ3) is 6.13. The van der Waals surface area contributed by atoms with Gasteiger partial charge in [-0.15, -0.1) is 0 Å². The van der Waals surface area contributed by atoms with Crippen LogP contribution in [0, 0.1) is 11.3 Å². The van der Waals surface area contributed by atoms with E-state index in [1.54, 1.807) is 11.1 Å². The van der Waals surface area contributed by atoms with Crippen molar-refractivity contribution in [2.75, 3.05) is 39.3 Å². The highest BCUT2D eigenvalue weighted by molar-refractivity contribution is 6.00. The zero-order valence-corrected chi connectivity index (χ0v) is 24.0. The molecule has 1 aromatic heterocycles. The maximum atomic E-state index is 13.8. The molecule has 0 unspecified atom stereocenters. The number of pyridine rings is 1. The van der Waals surface area contributed by atoms with Gasteiger partial charge >= 0.3 is 6.18 Å². The van der Waals surface area contributed by atoms with Gasteiger partial charge in [-0.3, -0.25) is 14.4 Å². The zero-order valence-electron chi connectivity index (χ0n) is 24.0. The lowest BCUT2D eigenvalue weighted by Crippen LogP contribution is -2.62. The standard InChI is InChI=1S/C31H39F3N4O4/c1-22(18-31(32,33)34)27(40)37-14-11-30(42,29(20-37)9-5-6-10-29)21-38-19-25(28(41)36-15-12-35-13-16-36)24(17-26(38)39)23-7-3-2-4-8-23/h2-4,7-8,17,19,22,35,42H,5-6,9-16,18,20-21H2,1H3/t22-,30+/m1/s1. The first-order valence-electron chi connectivity index (χ1n) is 14.8. The van der Waals surface area contributed by atoms with Crippen LogP contribution in [0.5, 0.6) is 0 Å². The van der Waals surface area contributed by atoms with Gasteiger partial charge in [0.25, 0.3) is 11.5 Å². The van der Waals surface area contributed by atoms with E-state index in [0.717, 1.165) is 18.4 Å². The number of aromatic nitrogens is 1. The van der Waals surface area contributed by atoms with Crippen LogP contribution in [0.3, 0.4) is 0 Å². The van der Waals surface area contributed by atoms with Gasteiger partial charge in [0.05, 0.1) is 24.1 Å². The quantitative estimate of drug-likeness (QED) is 0.537. The Morgan fingerprint density at radius 3 is 2.33 bits per heavy atom. The zero-order chi connectivity index (χ0) is 30.1. The predicted octanol–water partition coefficient (Wildman–Crippen LogP) is 3.67. The highest BCUT2D eigenvalue weighted by Gasteiger charge is 2.56. The molecule has 0 bridgehead atoms. The van der Waals surface area contributed by atoms with Crippen molar-refractivity contribution in [3.8, 4) is 11.1 Å². The van der Waals surface area contributed by atoms with Gasteiger partial charge in [0.15, 0.2) is 0 Å². The fourth-order valence-electron chi connectivity index (χ4n) is 7.08. The molecule has 2 aliphatic heterocycles. The van der Waals surface area contributed by atoms with Gasteiger partial charge in [-0.05, 0) is 24.8 Å². The molecule has 3 fully saturated rings. The Morgan fingerprint density at radius 1 is 1.02 bits per heavy atom. The number of rotatable bonds is 6. The van der Waals surface area contributed by atoms with E-state index < -0.39 is 35.4 Å². The topological polar surface area (TPSA) is 94.9 Å². The van der Waals surface area contributed by atoms with Crippen LogP contribution in [0.1, 0.15) is 55.8 Å². The smallest absolute Gasteiger partial charge is 0.387 e. The summed E-state index contributed by atoms with van der Waals surface area (Å²) in [4.78, 5) is 43.5. The summed E-state index contributed by atoms with van der Waals surface area (Å²) in [6.07, 6.45) is -1.11. The van der Waals surface area contributed by atoms with Crippen molar-refractivity contribution in [3.63, 3.8) is 0 Å². The summed E-state index contributed by atoms with van der Waals surface area (Å²) in [5, 5.41) is 15.4. The molecule has 5 rings (SSSR count). The fraction of sp³-hybridized carbons (Fsp3) is 0.581. The summed E-state index contributed by atoms with van der Waals surface area (Å²) in [5.74, 6) is -1.96. The number of piperazine rings is 1. The Morgan fingerprint density at radius 2 is 1.69 bits per heavy atom. The van der Waals surface area contributed by atoms with Crippen molar-refractivity contribution in [3.05, 3.63) is 58.5 Å². The number of nitrogens with one attached hydrogen (secondary N) is 1. The van der Waals surface area contributed by atoms with Crippen molar-refractivity contribution in [1.29, 1.82) is 0 Å². The van der Waals surface area contributed by atoms with E-state index in [-0.39, 0.29) is 37.5 Å². The Bertz CT molecular complexity index is 1350. The van der Waals surface area contributed by atoms with Crippen molar-refractivity contribution in [2.45, 2.75) is 63.8 Å². The molecule has 3 aliphatic rings. The lowest BCUT2D eigenvalue weighted by atomic mass is 9.65. The Balaban J connectivity index is 1.46. The van der Waals surface area contributed by atoms with E-state index in [0.29, 0.717) is 50.1 Å². The number of likely N-dealkylation sites (tertiary alicyclic amines) is 1. The van der Waals surface area contributed by atoms with E-state index in [9.17, 15) is 32.7 Å². The number of hydrogen-bond donors (Lipinski definition) is 2. The van der Waals surface area contributed by atoms with Gasteiger partial charge in [-0.2, -0.15) is 13.2 Å². The van der Waals surface area contributed by atoms with E-state index in [4.69, 9.17) is 0 Å². The number of aliphatic hydroxyl groups is 1. The maximum Gasteiger partial charge on any atom is 0.389 e. The molecule has 228 valence electrons. The third-order valence-corrected chi connectivity index (χ3v) is 9.38. The lowest BCUT2D eigenvalue weighted by Gasteiger charge is -2.52. The van der Waals surface area contributed by atoms with Crippen molar-refractivity contribution in [1.82, 2.24) is 19.7 Å². The van der Waals surface area contributed by atoms with Crippen LogP contribution in [-0.2, 0) is 11.3 Å². The van der Waals surface area contributed by atoms with E-state index in [1.165, 1.54) is 22.5 Å². The SMILES string of the molecule is C[C@H](CC(F)(F)F)C(=O)N1CC[C@](O)(Cn2cc(C(=O)N3CCNCC3)c(-c3ccccc3)cc2=O)C2(CCCC2)C1. The summed E-state index contributed by atoms with van der Waals surface area (Å²) in [5.41, 5.74) is -0.835. The fourth-order valence-corrected chi connectivity index (χ4v) is 7.08. The van der Waals surface area contributed by atoms with Crippen LogP contribution in [0.2, 0.25) is 0 Å². The third-order valence-electron chi connectivity index (χ3n) is 9.38. The van der Waals surface area contributed by atoms with Gasteiger partial charge < -0.3 is 24.8 Å². The highest BCUT2D eigenvalue weighted by atomic mass is 19.4. The molecule has 11 heteroatoms. The molecule has 42 heavy (non-hydrogen) atoms. The molecule has 1 spiro atoms. The number of alkyl halides is 3. The average Bonchev–Trinajstić information content (AvgIpc) is 3.45. The van der Waals surface area contributed by atoms with Crippen LogP contribution in [0.15, 0.2) is 47.4 Å².